The fourth-order valence-corrected chi connectivity index (χ4v) is 7.21. The van der Waals surface area contributed by atoms with Crippen molar-refractivity contribution in [1.82, 2.24) is 28.5 Å². The number of aryl methyl sites for hydroxylation is 1. The van der Waals surface area contributed by atoms with Gasteiger partial charge in [0.2, 0.25) is 21.4 Å². The lowest BCUT2D eigenvalue weighted by Gasteiger charge is -2.35. The number of fused-ring (bicyclic) bond motifs is 5. The number of sulfonamides is 1. The summed E-state index contributed by atoms with van der Waals surface area (Å²) in [6.45, 7) is 6.78. The summed E-state index contributed by atoms with van der Waals surface area (Å²) < 4.78 is 33.6. The second-order valence-electron chi connectivity index (χ2n) is 10.3. The van der Waals surface area contributed by atoms with Gasteiger partial charge in [-0.2, -0.15) is 0 Å². The second kappa shape index (κ2) is 9.92. The largest absolute Gasteiger partial charge is 0.353 e. The van der Waals surface area contributed by atoms with Crippen molar-refractivity contribution in [3.05, 3.63) is 46.6 Å². The third kappa shape index (κ3) is 4.46. The lowest BCUT2D eigenvalue weighted by atomic mass is 10.2. The molecule has 0 bridgehead atoms. The molecule has 0 radical (unpaired) electrons. The lowest BCUT2D eigenvalue weighted by Crippen LogP contribution is -2.48. The Labute approximate surface area is 226 Å². The molecular formula is C27H33N7O4S. The van der Waals surface area contributed by atoms with Gasteiger partial charge in [0.1, 0.15) is 11.5 Å². The molecule has 2 saturated heterocycles. The zero-order valence-corrected chi connectivity index (χ0v) is 23.1. The third-order valence-electron chi connectivity index (χ3n) is 7.98. The smallest absolute Gasteiger partial charge is 0.248 e. The molecule has 4 aromatic rings. The summed E-state index contributed by atoms with van der Waals surface area (Å²) in [4.78, 5) is 36.4. The van der Waals surface area contributed by atoms with Crippen molar-refractivity contribution in [2.45, 2.75) is 24.7 Å². The van der Waals surface area contributed by atoms with Crippen LogP contribution >= 0.6 is 0 Å². The highest BCUT2D eigenvalue weighted by Crippen LogP contribution is 2.28. The van der Waals surface area contributed by atoms with Gasteiger partial charge in [0, 0.05) is 53.2 Å². The molecule has 2 fully saturated rings. The van der Waals surface area contributed by atoms with Crippen molar-refractivity contribution in [3.8, 4) is 0 Å². The molecule has 11 nitrogen and oxygen atoms in total. The van der Waals surface area contributed by atoms with Crippen LogP contribution in [0.25, 0.3) is 27.7 Å². The molecule has 39 heavy (non-hydrogen) atoms. The molecular weight excluding hydrogens is 518 g/mol. The minimum atomic E-state index is -4.12. The maximum Gasteiger partial charge on any atom is 0.248 e. The van der Waals surface area contributed by atoms with Crippen LogP contribution in [-0.2, 0) is 21.9 Å². The van der Waals surface area contributed by atoms with E-state index in [2.05, 4.69) is 14.5 Å². The van der Waals surface area contributed by atoms with Gasteiger partial charge in [-0.05, 0) is 50.2 Å². The van der Waals surface area contributed by atoms with E-state index >= 15 is 0 Å². The van der Waals surface area contributed by atoms with E-state index in [1.54, 1.807) is 40.0 Å². The Morgan fingerprint density at radius 2 is 1.67 bits per heavy atom. The highest BCUT2D eigenvalue weighted by molar-refractivity contribution is 7.89. The number of hydrogen-bond donors (Lipinski definition) is 1. The minimum Gasteiger partial charge on any atom is -0.353 e. The Morgan fingerprint density at radius 1 is 0.974 bits per heavy atom. The van der Waals surface area contributed by atoms with E-state index in [-0.39, 0.29) is 28.4 Å². The molecule has 2 aliphatic heterocycles. The fourth-order valence-electron chi connectivity index (χ4n) is 5.88. The highest BCUT2D eigenvalue weighted by atomic mass is 32.2. The molecule has 206 valence electrons. The summed E-state index contributed by atoms with van der Waals surface area (Å²) in [6.07, 6.45) is 2.24. The average Bonchev–Trinajstić information content (AvgIpc) is 3.55. The van der Waals surface area contributed by atoms with E-state index in [1.807, 2.05) is 24.3 Å². The van der Waals surface area contributed by atoms with Crippen LogP contribution in [0.4, 0.5) is 5.82 Å². The van der Waals surface area contributed by atoms with Crippen molar-refractivity contribution in [3.63, 3.8) is 0 Å². The summed E-state index contributed by atoms with van der Waals surface area (Å²) in [6, 6.07) is 11.0. The number of aromatic nitrogens is 3. The number of carbonyl (C=O) groups excluding carboxylic acids is 1. The van der Waals surface area contributed by atoms with Gasteiger partial charge in [-0.1, -0.05) is 12.1 Å². The zero-order valence-electron chi connectivity index (χ0n) is 22.3. The predicted octanol–water partition coefficient (Wildman–Crippen LogP) is 1.38. The molecule has 1 aromatic carbocycles. The van der Waals surface area contributed by atoms with Crippen LogP contribution in [0.15, 0.2) is 46.1 Å². The minimum absolute atomic E-state index is 0.0490. The zero-order chi connectivity index (χ0) is 27.3. The maximum atomic E-state index is 13.9. The molecule has 0 unspecified atom stereocenters. The van der Waals surface area contributed by atoms with Crippen LogP contribution in [0.5, 0.6) is 0 Å². The number of para-hydroxylation sites is 2. The predicted molar refractivity (Wildman–Crippen MR) is 151 cm³/mol. The van der Waals surface area contributed by atoms with Crippen molar-refractivity contribution in [2.24, 2.45) is 7.05 Å². The highest BCUT2D eigenvalue weighted by Gasteiger charge is 2.29. The first-order valence-electron chi connectivity index (χ1n) is 13.4. The van der Waals surface area contributed by atoms with Crippen LogP contribution in [0.3, 0.4) is 0 Å². The first kappa shape index (κ1) is 25.8. The second-order valence-corrected chi connectivity index (χ2v) is 12.0. The first-order chi connectivity index (χ1) is 18.8. The van der Waals surface area contributed by atoms with Gasteiger partial charge in [-0.15, -0.1) is 0 Å². The number of imidazole rings is 1. The number of hydrogen-bond acceptors (Lipinski definition) is 7. The van der Waals surface area contributed by atoms with Gasteiger partial charge in [0.05, 0.1) is 16.4 Å². The van der Waals surface area contributed by atoms with E-state index in [0.29, 0.717) is 44.2 Å². The Balaban J connectivity index is 1.49. The standard InChI is InChI=1S/C27H33N7O4S/c1-19(35)32-15-17-33(18-16-32)23-10-9-20-24(36)25(39(37,38)28-11-14-31-12-5-6-13-31)27-30(2)21-7-3-4-8-22(21)34(27)26(20)29-23/h3-4,7-10,28H,5-6,11-18H2,1-2H3. The van der Waals surface area contributed by atoms with Gasteiger partial charge < -0.3 is 19.3 Å². The van der Waals surface area contributed by atoms with Crippen LogP contribution < -0.4 is 15.1 Å². The number of anilines is 1. The SMILES string of the molecule is CC(=O)N1CCN(c2ccc3c(=O)c(S(=O)(=O)NCCN4CCCC4)c4n(C)c5ccccc5n4c3n2)CC1. The summed E-state index contributed by atoms with van der Waals surface area (Å²) >= 11 is 0. The molecule has 6 rings (SSSR count). The Bertz CT molecular complexity index is 1750. The van der Waals surface area contributed by atoms with Crippen molar-refractivity contribution in [1.29, 1.82) is 0 Å². The van der Waals surface area contributed by atoms with Crippen LogP contribution in [-0.4, -0.2) is 90.4 Å². The molecule has 2 aliphatic rings. The van der Waals surface area contributed by atoms with Crippen LogP contribution in [0, 0.1) is 0 Å². The van der Waals surface area contributed by atoms with Gasteiger partial charge in [-0.3, -0.25) is 14.0 Å². The molecule has 0 aliphatic carbocycles. The molecule has 5 heterocycles. The molecule has 0 atom stereocenters. The van der Waals surface area contributed by atoms with Gasteiger partial charge in [0.25, 0.3) is 0 Å². The number of piperazine rings is 1. The molecule has 3 aromatic heterocycles. The van der Waals surface area contributed by atoms with Crippen molar-refractivity contribution in [2.75, 3.05) is 57.3 Å². The van der Waals surface area contributed by atoms with E-state index < -0.39 is 15.5 Å². The number of nitrogens with zero attached hydrogens (tertiary/aromatic N) is 6. The van der Waals surface area contributed by atoms with E-state index in [0.717, 1.165) is 37.0 Å². The molecule has 12 heteroatoms. The summed E-state index contributed by atoms with van der Waals surface area (Å²) in [7, 11) is -2.35. The number of amides is 1. The normalized spacial score (nSPS) is 17.2. The Morgan fingerprint density at radius 3 is 2.36 bits per heavy atom. The van der Waals surface area contributed by atoms with Gasteiger partial charge in [-0.25, -0.2) is 18.1 Å². The molecule has 0 spiro atoms. The van der Waals surface area contributed by atoms with Crippen molar-refractivity contribution >= 4 is 49.5 Å². The van der Waals surface area contributed by atoms with E-state index in [1.165, 1.54) is 0 Å². The Kier molecular flexibility index (Phi) is 6.56. The molecule has 1 N–H and O–H groups in total. The number of pyridine rings is 2. The Hall–Kier alpha value is -3.48. The summed E-state index contributed by atoms with van der Waals surface area (Å²) in [5, 5.41) is 0.245. The fraction of sp³-hybridized carbons (Fsp3) is 0.444. The van der Waals surface area contributed by atoms with Gasteiger partial charge in [0.15, 0.2) is 10.5 Å². The molecule has 1 amide bonds. The maximum absolute atomic E-state index is 13.9. The van der Waals surface area contributed by atoms with Crippen molar-refractivity contribution < 1.29 is 13.2 Å². The topological polar surface area (TPSA) is 112 Å². The summed E-state index contributed by atoms with van der Waals surface area (Å²) in [5.41, 5.74) is 1.69. The van der Waals surface area contributed by atoms with E-state index in [4.69, 9.17) is 4.98 Å². The third-order valence-corrected chi connectivity index (χ3v) is 9.47. The quantitative estimate of drug-likeness (QED) is 0.385. The number of likely N-dealkylation sites (tertiary alicyclic amines) is 1. The monoisotopic (exact) mass is 551 g/mol. The summed E-state index contributed by atoms with van der Waals surface area (Å²) in [5.74, 6) is 0.735. The number of benzene rings is 1. The lowest BCUT2D eigenvalue weighted by molar-refractivity contribution is -0.129. The number of carbonyl (C=O) groups is 1. The van der Waals surface area contributed by atoms with Gasteiger partial charge >= 0.3 is 0 Å². The van der Waals surface area contributed by atoms with Crippen LogP contribution in [0.1, 0.15) is 19.8 Å². The average molecular weight is 552 g/mol. The first-order valence-corrected chi connectivity index (χ1v) is 14.9. The van der Waals surface area contributed by atoms with Crippen LogP contribution in [0.2, 0.25) is 0 Å². The number of nitrogens with one attached hydrogen (secondary N) is 1. The van der Waals surface area contributed by atoms with E-state index in [9.17, 15) is 18.0 Å². The molecule has 0 saturated carbocycles. The number of rotatable bonds is 6.